The van der Waals surface area contributed by atoms with Crippen molar-refractivity contribution in [2.24, 2.45) is 5.92 Å². The second-order valence-corrected chi connectivity index (χ2v) is 9.41. The first kappa shape index (κ1) is 24.9. The third-order valence-electron chi connectivity index (χ3n) is 5.90. The maximum Gasteiger partial charge on any atom is 0.258 e. The minimum absolute atomic E-state index is 0.0618. The molecule has 1 aliphatic heterocycles. The van der Waals surface area contributed by atoms with Gasteiger partial charge >= 0.3 is 0 Å². The van der Waals surface area contributed by atoms with Crippen molar-refractivity contribution in [1.29, 1.82) is 0 Å². The van der Waals surface area contributed by atoms with Gasteiger partial charge in [0, 0.05) is 48.0 Å². The molecule has 0 unspecified atom stereocenters. The van der Waals surface area contributed by atoms with Crippen molar-refractivity contribution in [3.8, 4) is 5.75 Å². The van der Waals surface area contributed by atoms with Crippen LogP contribution in [-0.2, 0) is 22.5 Å². The summed E-state index contributed by atoms with van der Waals surface area (Å²) in [5.74, 6) is 1.15. The van der Waals surface area contributed by atoms with Crippen molar-refractivity contribution in [3.63, 3.8) is 0 Å². The molecule has 1 N–H and O–H groups in total. The fraction of sp³-hybridized carbons (Fsp3) is 0.370. The monoisotopic (exact) mass is 495 g/mol. The van der Waals surface area contributed by atoms with E-state index in [1.165, 1.54) is 6.20 Å². The molecule has 1 saturated heterocycles. The minimum Gasteiger partial charge on any atom is -0.491 e. The van der Waals surface area contributed by atoms with E-state index < -0.39 is 0 Å². The van der Waals surface area contributed by atoms with Crippen LogP contribution in [0.3, 0.4) is 0 Å². The van der Waals surface area contributed by atoms with Gasteiger partial charge in [0.1, 0.15) is 11.5 Å². The predicted octanol–water partition coefficient (Wildman–Crippen LogP) is 5.01. The summed E-state index contributed by atoms with van der Waals surface area (Å²) < 4.78 is 12.6. The Labute approximate surface area is 210 Å². The number of rotatable bonds is 9. The molecule has 184 valence electrons. The summed E-state index contributed by atoms with van der Waals surface area (Å²) in [5, 5.41) is 3.86. The van der Waals surface area contributed by atoms with E-state index in [-0.39, 0.29) is 29.8 Å². The topological polar surface area (TPSA) is 82.5 Å². The molecule has 4 rings (SSSR count). The van der Waals surface area contributed by atoms with Crippen molar-refractivity contribution in [1.82, 2.24) is 9.55 Å². The average molecular weight is 496 g/mol. The smallest absolute Gasteiger partial charge is 0.258 e. The Morgan fingerprint density at radius 3 is 2.49 bits per heavy atom. The molecule has 0 amide bonds. The number of hydrogen-bond acceptors (Lipinski definition) is 6. The van der Waals surface area contributed by atoms with Crippen LogP contribution in [0.5, 0.6) is 5.75 Å². The molecular formula is C27H30ClN3O4. The Morgan fingerprint density at radius 2 is 1.83 bits per heavy atom. The maximum atomic E-state index is 13.5. The van der Waals surface area contributed by atoms with E-state index in [0.717, 1.165) is 17.0 Å². The number of anilines is 2. The fourth-order valence-corrected chi connectivity index (χ4v) is 4.17. The molecule has 1 fully saturated rings. The van der Waals surface area contributed by atoms with Crippen LogP contribution in [-0.4, -0.2) is 34.7 Å². The van der Waals surface area contributed by atoms with Crippen molar-refractivity contribution in [2.45, 2.75) is 45.8 Å². The first-order valence-electron chi connectivity index (χ1n) is 11.9. The zero-order valence-corrected chi connectivity index (χ0v) is 20.8. The van der Waals surface area contributed by atoms with Crippen LogP contribution in [0.2, 0.25) is 5.02 Å². The van der Waals surface area contributed by atoms with Crippen LogP contribution >= 0.6 is 11.6 Å². The van der Waals surface area contributed by atoms with E-state index >= 15 is 0 Å². The number of halogens is 1. The van der Waals surface area contributed by atoms with Crippen LogP contribution in [0.4, 0.5) is 11.6 Å². The first-order valence-corrected chi connectivity index (χ1v) is 12.2. The summed E-state index contributed by atoms with van der Waals surface area (Å²) in [7, 11) is 0. The van der Waals surface area contributed by atoms with Gasteiger partial charge in [0.15, 0.2) is 0 Å². The third-order valence-corrected chi connectivity index (χ3v) is 6.15. The lowest BCUT2D eigenvalue weighted by Crippen LogP contribution is -2.31. The number of aromatic nitrogens is 2. The normalized spacial score (nSPS) is 14.2. The Bertz CT molecular complexity index is 1200. The fourth-order valence-electron chi connectivity index (χ4n) is 4.04. The number of hydrogen-bond donors (Lipinski definition) is 1. The van der Waals surface area contributed by atoms with Gasteiger partial charge in [-0.2, -0.15) is 0 Å². The lowest BCUT2D eigenvalue weighted by molar-refractivity contribution is -0.125. The van der Waals surface area contributed by atoms with E-state index in [2.05, 4.69) is 10.3 Å². The number of ketones is 1. The van der Waals surface area contributed by atoms with Gasteiger partial charge in [-0.3, -0.25) is 14.2 Å². The molecule has 0 spiro atoms. The van der Waals surface area contributed by atoms with Gasteiger partial charge < -0.3 is 14.8 Å². The van der Waals surface area contributed by atoms with E-state index in [1.54, 1.807) is 16.7 Å². The standard InChI is InChI=1S/C27H30ClN3O4/c1-18(2)35-24-9-7-23(8-10-24)30-27-29-16-21(15-25(32)20-11-13-34-14-12-20)26(33)31(27)17-19-3-5-22(28)6-4-19/h3-10,16,18,20H,11-15,17H2,1-2H3,(H,29,30). The lowest BCUT2D eigenvalue weighted by atomic mass is 9.92. The van der Waals surface area contributed by atoms with E-state index in [1.807, 2.05) is 50.2 Å². The van der Waals surface area contributed by atoms with Crippen LogP contribution in [0.15, 0.2) is 59.5 Å². The predicted molar refractivity (Wildman–Crippen MR) is 137 cm³/mol. The first-order chi connectivity index (χ1) is 16.9. The van der Waals surface area contributed by atoms with Crippen molar-refractivity contribution in [2.75, 3.05) is 18.5 Å². The quantitative estimate of drug-likeness (QED) is 0.449. The van der Waals surface area contributed by atoms with Gasteiger partial charge in [0.25, 0.3) is 5.56 Å². The largest absolute Gasteiger partial charge is 0.491 e. The number of Topliss-reactive ketones (excluding diaryl/α,β-unsaturated/α-hetero) is 1. The highest BCUT2D eigenvalue weighted by Gasteiger charge is 2.23. The van der Waals surface area contributed by atoms with E-state index in [0.29, 0.717) is 49.1 Å². The van der Waals surface area contributed by atoms with Gasteiger partial charge in [0.05, 0.1) is 12.6 Å². The number of nitrogens with zero attached hydrogens (tertiary/aromatic N) is 2. The highest BCUT2D eigenvalue weighted by Crippen LogP contribution is 2.21. The molecule has 7 nitrogen and oxygen atoms in total. The Kier molecular flexibility index (Phi) is 8.21. The molecule has 2 heterocycles. The molecule has 2 aromatic carbocycles. The summed E-state index contributed by atoms with van der Waals surface area (Å²) in [6, 6.07) is 14.8. The SMILES string of the molecule is CC(C)Oc1ccc(Nc2ncc(CC(=O)C3CCOCC3)c(=O)n2Cc2ccc(Cl)cc2)cc1. The summed E-state index contributed by atoms with van der Waals surface area (Å²) in [5.41, 5.74) is 1.82. The summed E-state index contributed by atoms with van der Waals surface area (Å²) >= 11 is 6.04. The molecule has 0 radical (unpaired) electrons. The van der Waals surface area contributed by atoms with Gasteiger partial charge in [-0.1, -0.05) is 23.7 Å². The molecule has 3 aromatic rings. The van der Waals surface area contributed by atoms with Gasteiger partial charge in [-0.15, -0.1) is 0 Å². The molecule has 8 heteroatoms. The highest BCUT2D eigenvalue weighted by atomic mass is 35.5. The second-order valence-electron chi connectivity index (χ2n) is 8.97. The van der Waals surface area contributed by atoms with Crippen LogP contribution in [0, 0.1) is 5.92 Å². The minimum atomic E-state index is -0.238. The Hall–Kier alpha value is -3.16. The zero-order valence-electron chi connectivity index (χ0n) is 20.0. The molecule has 1 aromatic heterocycles. The second kappa shape index (κ2) is 11.5. The number of carbonyl (C=O) groups excluding carboxylic acids is 1. The molecule has 0 saturated carbocycles. The van der Waals surface area contributed by atoms with Gasteiger partial charge in [0.2, 0.25) is 5.95 Å². The summed E-state index contributed by atoms with van der Waals surface area (Å²) in [4.78, 5) is 30.9. The van der Waals surface area contributed by atoms with Crippen molar-refractivity contribution >= 4 is 29.0 Å². The number of nitrogens with one attached hydrogen (secondary N) is 1. The summed E-state index contributed by atoms with van der Waals surface area (Å²) in [6.45, 7) is 5.40. The average Bonchev–Trinajstić information content (AvgIpc) is 2.85. The highest BCUT2D eigenvalue weighted by molar-refractivity contribution is 6.30. The third kappa shape index (κ3) is 6.71. The molecule has 0 bridgehead atoms. The van der Waals surface area contributed by atoms with Gasteiger partial charge in [-0.25, -0.2) is 4.98 Å². The van der Waals surface area contributed by atoms with E-state index in [4.69, 9.17) is 21.1 Å². The van der Waals surface area contributed by atoms with Crippen molar-refractivity contribution < 1.29 is 14.3 Å². The molecule has 0 aliphatic carbocycles. The van der Waals surface area contributed by atoms with Crippen LogP contribution < -0.4 is 15.6 Å². The lowest BCUT2D eigenvalue weighted by Gasteiger charge is -2.21. The molecular weight excluding hydrogens is 466 g/mol. The number of carbonyl (C=O) groups is 1. The molecule has 1 aliphatic rings. The van der Waals surface area contributed by atoms with Gasteiger partial charge in [-0.05, 0) is 68.7 Å². The van der Waals surface area contributed by atoms with E-state index in [9.17, 15) is 9.59 Å². The number of ether oxygens (including phenoxy) is 2. The zero-order chi connectivity index (χ0) is 24.8. The van der Waals surface area contributed by atoms with Crippen molar-refractivity contribution in [3.05, 3.63) is 81.2 Å². The molecule has 35 heavy (non-hydrogen) atoms. The summed E-state index contributed by atoms with van der Waals surface area (Å²) in [6.07, 6.45) is 3.05. The van der Waals surface area contributed by atoms with Crippen LogP contribution in [0.1, 0.15) is 37.8 Å². The Morgan fingerprint density at radius 1 is 1.14 bits per heavy atom. The Balaban J connectivity index is 1.61. The maximum absolute atomic E-state index is 13.5. The number of benzene rings is 2. The molecule has 0 atom stereocenters. The van der Waals surface area contributed by atoms with Crippen LogP contribution in [0.25, 0.3) is 0 Å².